The predicted octanol–water partition coefficient (Wildman–Crippen LogP) is 1.58. The van der Waals surface area contributed by atoms with Gasteiger partial charge >= 0.3 is 5.97 Å². The summed E-state index contributed by atoms with van der Waals surface area (Å²) < 4.78 is 11.1. The molecule has 158 valence electrons. The molecule has 0 amide bonds. The number of allylic oxidation sites excluding steroid dienone is 1. The van der Waals surface area contributed by atoms with Crippen molar-refractivity contribution in [3.8, 4) is 0 Å². The van der Waals surface area contributed by atoms with Crippen LogP contribution >= 0.6 is 0 Å². The Morgan fingerprint density at radius 3 is 2.93 bits per heavy atom. The van der Waals surface area contributed by atoms with Gasteiger partial charge in [0.2, 0.25) is 0 Å². The number of fused-ring (bicyclic) bond motifs is 2. The number of ether oxygens (including phenoxy) is 2. The predicted molar refractivity (Wildman–Crippen MR) is 107 cm³/mol. The molecule has 0 spiro atoms. The maximum atomic E-state index is 12.6. The lowest BCUT2D eigenvalue weighted by Crippen LogP contribution is -2.54. The Labute approximate surface area is 168 Å². The lowest BCUT2D eigenvalue weighted by molar-refractivity contribution is -0.144. The molecule has 6 atom stereocenters. The number of hydrogen-bond acceptors (Lipinski definition) is 6. The van der Waals surface area contributed by atoms with Crippen LogP contribution in [-0.4, -0.2) is 74.1 Å². The fourth-order valence-corrected chi connectivity index (χ4v) is 5.81. The van der Waals surface area contributed by atoms with Crippen LogP contribution in [0.15, 0.2) is 11.6 Å². The minimum Gasteiger partial charge on any atom is -0.461 e. The maximum absolute atomic E-state index is 12.6. The van der Waals surface area contributed by atoms with Crippen LogP contribution in [0.4, 0.5) is 0 Å². The first kappa shape index (κ1) is 20.3. The van der Waals surface area contributed by atoms with E-state index in [0.717, 1.165) is 65.1 Å². The topological polar surface area (TPSA) is 71.0 Å². The Balaban J connectivity index is 1.33. The number of carbonyl (C=O) groups is 1. The molecule has 0 aromatic rings. The molecule has 2 heterocycles. The molecular formula is C22H36N2O4. The number of aliphatic hydroxyl groups excluding tert-OH is 1. The van der Waals surface area contributed by atoms with Crippen LogP contribution < -0.4 is 5.32 Å². The van der Waals surface area contributed by atoms with Crippen molar-refractivity contribution in [2.45, 2.75) is 51.7 Å². The number of esters is 1. The quantitative estimate of drug-likeness (QED) is 0.406. The summed E-state index contributed by atoms with van der Waals surface area (Å²) in [4.78, 5) is 15.0. The van der Waals surface area contributed by atoms with Crippen LogP contribution in [0.25, 0.3) is 0 Å². The van der Waals surface area contributed by atoms with Gasteiger partial charge in [-0.3, -0.25) is 9.69 Å². The average molecular weight is 393 g/mol. The van der Waals surface area contributed by atoms with E-state index in [0.29, 0.717) is 12.5 Å². The van der Waals surface area contributed by atoms with Crippen LogP contribution in [0.2, 0.25) is 0 Å². The summed E-state index contributed by atoms with van der Waals surface area (Å²) in [5.41, 5.74) is 1.08. The van der Waals surface area contributed by atoms with Gasteiger partial charge in [0, 0.05) is 37.4 Å². The first-order valence-electron chi connectivity index (χ1n) is 11.1. The summed E-state index contributed by atoms with van der Waals surface area (Å²) in [5, 5.41) is 14.8. The van der Waals surface area contributed by atoms with E-state index in [1.54, 1.807) is 0 Å². The van der Waals surface area contributed by atoms with Gasteiger partial charge in [-0.15, -0.1) is 0 Å². The van der Waals surface area contributed by atoms with Crippen molar-refractivity contribution in [3.63, 3.8) is 0 Å². The Morgan fingerprint density at radius 1 is 1.36 bits per heavy atom. The molecule has 0 radical (unpaired) electrons. The van der Waals surface area contributed by atoms with Gasteiger partial charge in [0.15, 0.2) is 0 Å². The fraction of sp³-hybridized carbons (Fsp3) is 0.864. The Kier molecular flexibility index (Phi) is 6.12. The second kappa shape index (κ2) is 8.42. The zero-order valence-electron chi connectivity index (χ0n) is 17.4. The summed E-state index contributed by atoms with van der Waals surface area (Å²) in [6.07, 6.45) is 5.63. The monoisotopic (exact) mass is 392 g/mol. The second-order valence-electron chi connectivity index (χ2n) is 9.31. The standard InChI is InChI=1S/C22H36N2O4/c1-15-5-3-6-16-13-18-19(20(25)22(15,16)2)17(21(26)28-18)14-23-7-4-8-24-9-11-27-12-10-24/h6,15,17-20,23,25H,3-5,7-14H2,1-2H3/t15-,17+,18-,19-,20+,22-/m1/s1. The van der Waals surface area contributed by atoms with Crippen LogP contribution in [0.1, 0.15) is 39.5 Å². The smallest absolute Gasteiger partial charge is 0.311 e. The third kappa shape index (κ3) is 3.64. The number of carbonyl (C=O) groups excluding carboxylic acids is 1. The third-order valence-electron chi connectivity index (χ3n) is 7.87. The molecule has 6 nitrogen and oxygen atoms in total. The number of hydrogen-bond donors (Lipinski definition) is 2. The summed E-state index contributed by atoms with van der Waals surface area (Å²) in [6.45, 7) is 10.7. The number of aliphatic hydroxyl groups is 1. The number of nitrogens with zero attached hydrogens (tertiary/aromatic N) is 1. The lowest BCUT2D eigenvalue weighted by atomic mass is 9.55. The Morgan fingerprint density at radius 2 is 2.14 bits per heavy atom. The minimum atomic E-state index is -0.514. The van der Waals surface area contributed by atoms with E-state index in [2.05, 4.69) is 30.1 Å². The van der Waals surface area contributed by atoms with Gasteiger partial charge in [-0.1, -0.05) is 25.5 Å². The molecule has 4 rings (SSSR count). The van der Waals surface area contributed by atoms with Gasteiger partial charge in [-0.05, 0) is 38.3 Å². The largest absolute Gasteiger partial charge is 0.461 e. The molecule has 2 N–H and O–H groups in total. The van der Waals surface area contributed by atoms with Gasteiger partial charge in [-0.25, -0.2) is 0 Å². The molecule has 4 aliphatic rings. The zero-order chi connectivity index (χ0) is 19.7. The van der Waals surface area contributed by atoms with Crippen molar-refractivity contribution in [2.24, 2.45) is 23.2 Å². The van der Waals surface area contributed by atoms with Crippen molar-refractivity contribution >= 4 is 5.97 Å². The third-order valence-corrected chi connectivity index (χ3v) is 7.87. The molecular weight excluding hydrogens is 356 g/mol. The van der Waals surface area contributed by atoms with E-state index in [1.165, 1.54) is 5.57 Å². The molecule has 3 fully saturated rings. The normalized spacial score (nSPS) is 41.2. The summed E-state index contributed by atoms with van der Waals surface area (Å²) in [7, 11) is 0. The second-order valence-corrected chi connectivity index (χ2v) is 9.31. The Hall–Kier alpha value is -0.950. The molecule has 6 heteroatoms. The molecule has 0 unspecified atom stereocenters. The first-order valence-corrected chi connectivity index (χ1v) is 11.1. The molecule has 2 saturated heterocycles. The van der Waals surface area contributed by atoms with Gasteiger partial charge in [-0.2, -0.15) is 0 Å². The zero-order valence-corrected chi connectivity index (χ0v) is 17.4. The van der Waals surface area contributed by atoms with Crippen molar-refractivity contribution < 1.29 is 19.4 Å². The van der Waals surface area contributed by atoms with Gasteiger partial charge in [0.25, 0.3) is 0 Å². The lowest BCUT2D eigenvalue weighted by Gasteiger charge is -2.51. The van der Waals surface area contributed by atoms with Gasteiger partial charge in [0.05, 0.1) is 25.2 Å². The summed E-state index contributed by atoms with van der Waals surface area (Å²) in [5.74, 6) is -0.0376. The number of rotatable bonds is 6. The van der Waals surface area contributed by atoms with Gasteiger partial charge < -0.3 is 19.9 Å². The number of morpholine rings is 1. The van der Waals surface area contributed by atoms with Crippen LogP contribution in [0.3, 0.4) is 0 Å². The molecule has 0 aromatic carbocycles. The van der Waals surface area contributed by atoms with Crippen molar-refractivity contribution in [3.05, 3.63) is 11.6 Å². The van der Waals surface area contributed by atoms with Crippen molar-refractivity contribution in [1.29, 1.82) is 0 Å². The van der Waals surface area contributed by atoms with E-state index in [1.807, 2.05) is 0 Å². The van der Waals surface area contributed by atoms with Crippen LogP contribution in [0, 0.1) is 23.2 Å². The molecule has 28 heavy (non-hydrogen) atoms. The molecule has 0 aromatic heterocycles. The van der Waals surface area contributed by atoms with E-state index in [4.69, 9.17) is 9.47 Å². The molecule has 2 aliphatic carbocycles. The highest BCUT2D eigenvalue weighted by atomic mass is 16.6. The van der Waals surface area contributed by atoms with E-state index in [-0.39, 0.29) is 29.3 Å². The first-order chi connectivity index (χ1) is 13.5. The van der Waals surface area contributed by atoms with Gasteiger partial charge in [0.1, 0.15) is 6.10 Å². The number of nitrogens with one attached hydrogen (secondary N) is 1. The van der Waals surface area contributed by atoms with Crippen LogP contribution in [-0.2, 0) is 14.3 Å². The average Bonchev–Trinajstić information content (AvgIpc) is 3.00. The summed E-state index contributed by atoms with van der Waals surface area (Å²) >= 11 is 0. The maximum Gasteiger partial charge on any atom is 0.311 e. The molecule has 2 aliphatic heterocycles. The minimum absolute atomic E-state index is 0.0954. The van der Waals surface area contributed by atoms with Crippen LogP contribution in [0.5, 0.6) is 0 Å². The molecule has 1 saturated carbocycles. The van der Waals surface area contributed by atoms with Crippen molar-refractivity contribution in [2.75, 3.05) is 45.9 Å². The summed E-state index contributed by atoms with van der Waals surface area (Å²) in [6, 6.07) is 0. The highest BCUT2D eigenvalue weighted by Gasteiger charge is 2.59. The highest BCUT2D eigenvalue weighted by molar-refractivity contribution is 5.76. The molecule has 0 bridgehead atoms. The van der Waals surface area contributed by atoms with E-state index >= 15 is 0 Å². The highest BCUT2D eigenvalue weighted by Crippen LogP contribution is 2.55. The SMILES string of the molecule is C[C@@H]1CCC=C2C[C@H]3OC(=O)[C@@H](CNCCCN4CCOCC4)[C@H]3[C@H](O)[C@@]21C. The van der Waals surface area contributed by atoms with E-state index < -0.39 is 6.10 Å². The van der Waals surface area contributed by atoms with Crippen molar-refractivity contribution in [1.82, 2.24) is 10.2 Å². The Bertz CT molecular complexity index is 603. The van der Waals surface area contributed by atoms with E-state index in [9.17, 15) is 9.90 Å². The fourth-order valence-electron chi connectivity index (χ4n) is 5.81.